The van der Waals surface area contributed by atoms with Gasteiger partial charge in [0, 0.05) is 6.54 Å². The largest absolute Gasteiger partial charge is 0.375 e. The Morgan fingerprint density at radius 2 is 2.06 bits per heavy atom. The molecule has 0 saturated heterocycles. The zero-order chi connectivity index (χ0) is 12.5. The van der Waals surface area contributed by atoms with Crippen LogP contribution in [0.1, 0.15) is 25.3 Å². The molecule has 17 heavy (non-hydrogen) atoms. The topological polar surface area (TPSA) is 72.0 Å². The van der Waals surface area contributed by atoms with Crippen LogP contribution in [0.4, 0.5) is 5.69 Å². The van der Waals surface area contributed by atoms with Crippen molar-refractivity contribution in [3.05, 3.63) is 29.8 Å². The van der Waals surface area contributed by atoms with Crippen LogP contribution < -0.4 is 0 Å². The van der Waals surface area contributed by atoms with Gasteiger partial charge in [-0.15, -0.1) is 5.11 Å². The summed E-state index contributed by atoms with van der Waals surface area (Å²) in [7, 11) is 0. The Hall–Kier alpha value is -1.93. The second-order valence-corrected chi connectivity index (χ2v) is 3.57. The van der Waals surface area contributed by atoms with Crippen molar-refractivity contribution in [1.82, 2.24) is 5.01 Å². The smallest absolute Gasteiger partial charge is 0.133 e. The Kier molecular flexibility index (Phi) is 5.69. The maximum atomic E-state index is 9.04. The first-order valence-electron chi connectivity index (χ1n) is 5.57. The fraction of sp³-hybridized carbons (Fsp3) is 0.417. The van der Waals surface area contributed by atoms with Gasteiger partial charge in [-0.05, 0) is 30.7 Å². The number of aliphatic hydroxyl groups excluding tert-OH is 1. The molecule has 1 N–H and O–H groups in total. The minimum atomic E-state index is -0.139. The molecule has 0 aromatic heterocycles. The molecular formula is C12H16N4O. The van der Waals surface area contributed by atoms with Gasteiger partial charge < -0.3 is 5.11 Å². The molecule has 0 heterocycles. The van der Waals surface area contributed by atoms with E-state index in [2.05, 4.69) is 17.3 Å². The van der Waals surface area contributed by atoms with Gasteiger partial charge >= 0.3 is 0 Å². The number of nitriles is 1. The predicted molar refractivity (Wildman–Crippen MR) is 64.4 cm³/mol. The average Bonchev–Trinajstić information content (AvgIpc) is 2.39. The number of unbranched alkanes of at least 4 members (excludes halogenated alkanes) is 1. The van der Waals surface area contributed by atoms with Gasteiger partial charge in [0.05, 0.1) is 17.3 Å². The van der Waals surface area contributed by atoms with Crippen LogP contribution in [0, 0.1) is 11.3 Å². The standard InChI is InChI=1S/C12H16N4O/c1-2-3-8-16(10-17)15-14-12-6-4-11(9-13)5-7-12/h4-7,17H,2-3,8,10H2,1H3. The first kappa shape index (κ1) is 13.1. The van der Waals surface area contributed by atoms with Gasteiger partial charge in [0.25, 0.3) is 0 Å². The fourth-order valence-electron chi connectivity index (χ4n) is 1.20. The summed E-state index contributed by atoms with van der Waals surface area (Å²) in [5.74, 6) is 0. The van der Waals surface area contributed by atoms with E-state index in [1.54, 1.807) is 24.3 Å². The van der Waals surface area contributed by atoms with Crippen molar-refractivity contribution in [3.8, 4) is 6.07 Å². The van der Waals surface area contributed by atoms with Crippen molar-refractivity contribution in [3.63, 3.8) is 0 Å². The van der Waals surface area contributed by atoms with Gasteiger partial charge in [-0.1, -0.05) is 18.6 Å². The molecule has 0 unspecified atom stereocenters. The zero-order valence-electron chi connectivity index (χ0n) is 9.87. The van der Waals surface area contributed by atoms with E-state index in [0.717, 1.165) is 12.8 Å². The molecule has 0 spiro atoms. The fourth-order valence-corrected chi connectivity index (χ4v) is 1.20. The number of aliphatic hydroxyl groups is 1. The first-order valence-corrected chi connectivity index (χ1v) is 5.57. The molecule has 90 valence electrons. The SMILES string of the molecule is CCCCN(CO)N=Nc1ccc(C#N)cc1. The minimum absolute atomic E-state index is 0.139. The van der Waals surface area contributed by atoms with E-state index in [0.29, 0.717) is 17.8 Å². The highest BCUT2D eigenvalue weighted by molar-refractivity contribution is 5.41. The number of hydrogen-bond donors (Lipinski definition) is 1. The maximum absolute atomic E-state index is 9.04. The third kappa shape index (κ3) is 4.62. The molecule has 1 rings (SSSR count). The van der Waals surface area contributed by atoms with Crippen molar-refractivity contribution in [2.75, 3.05) is 13.3 Å². The molecule has 0 radical (unpaired) electrons. The molecule has 0 amide bonds. The predicted octanol–water partition coefficient (Wildman–Crippen LogP) is 2.61. The van der Waals surface area contributed by atoms with E-state index in [4.69, 9.17) is 10.4 Å². The summed E-state index contributed by atoms with van der Waals surface area (Å²) in [4.78, 5) is 0. The van der Waals surface area contributed by atoms with E-state index in [-0.39, 0.29) is 6.73 Å². The number of hydrogen-bond acceptors (Lipinski definition) is 4. The second kappa shape index (κ2) is 7.36. The van der Waals surface area contributed by atoms with Crippen molar-refractivity contribution in [2.24, 2.45) is 10.3 Å². The van der Waals surface area contributed by atoms with Gasteiger partial charge in [0.1, 0.15) is 6.73 Å². The van der Waals surface area contributed by atoms with E-state index in [9.17, 15) is 0 Å². The van der Waals surface area contributed by atoms with Gasteiger partial charge in [0.2, 0.25) is 0 Å². The van der Waals surface area contributed by atoms with Crippen LogP contribution in [-0.2, 0) is 0 Å². The molecule has 1 aromatic carbocycles. The average molecular weight is 232 g/mol. The maximum Gasteiger partial charge on any atom is 0.133 e. The summed E-state index contributed by atoms with van der Waals surface area (Å²) in [6.45, 7) is 2.62. The molecular weight excluding hydrogens is 216 g/mol. The number of benzene rings is 1. The van der Waals surface area contributed by atoms with Crippen LogP contribution in [0.15, 0.2) is 34.6 Å². The summed E-state index contributed by atoms with van der Waals surface area (Å²) in [6, 6.07) is 8.84. The molecule has 5 heteroatoms. The highest BCUT2D eigenvalue weighted by atomic mass is 16.3. The lowest BCUT2D eigenvalue weighted by atomic mass is 10.2. The monoisotopic (exact) mass is 232 g/mol. The third-order valence-corrected chi connectivity index (χ3v) is 2.22. The van der Waals surface area contributed by atoms with Crippen LogP contribution in [0.2, 0.25) is 0 Å². The molecule has 0 aliphatic heterocycles. The molecule has 0 aliphatic carbocycles. The van der Waals surface area contributed by atoms with E-state index in [1.165, 1.54) is 5.01 Å². The lowest BCUT2D eigenvalue weighted by Gasteiger charge is -2.12. The Morgan fingerprint density at radius 1 is 1.35 bits per heavy atom. The Balaban J connectivity index is 2.58. The van der Waals surface area contributed by atoms with Crippen molar-refractivity contribution in [1.29, 1.82) is 5.26 Å². The summed E-state index contributed by atoms with van der Waals surface area (Å²) in [5, 5.41) is 27.1. The second-order valence-electron chi connectivity index (χ2n) is 3.57. The molecule has 0 aliphatic rings. The lowest BCUT2D eigenvalue weighted by Crippen LogP contribution is -2.18. The van der Waals surface area contributed by atoms with Crippen LogP contribution in [0.5, 0.6) is 0 Å². The molecule has 5 nitrogen and oxygen atoms in total. The van der Waals surface area contributed by atoms with Crippen LogP contribution in [0.3, 0.4) is 0 Å². The third-order valence-electron chi connectivity index (χ3n) is 2.22. The van der Waals surface area contributed by atoms with Gasteiger partial charge in [-0.2, -0.15) is 5.26 Å². The number of rotatable bonds is 6. The van der Waals surface area contributed by atoms with Crippen molar-refractivity contribution >= 4 is 5.69 Å². The molecule has 0 fully saturated rings. The van der Waals surface area contributed by atoms with E-state index >= 15 is 0 Å². The van der Waals surface area contributed by atoms with Crippen LogP contribution in [0.25, 0.3) is 0 Å². The first-order chi connectivity index (χ1) is 8.30. The summed E-state index contributed by atoms with van der Waals surface area (Å²) >= 11 is 0. The van der Waals surface area contributed by atoms with E-state index in [1.807, 2.05) is 6.07 Å². The number of nitrogens with zero attached hydrogens (tertiary/aromatic N) is 4. The summed E-state index contributed by atoms with van der Waals surface area (Å²) in [6.07, 6.45) is 2.01. The summed E-state index contributed by atoms with van der Waals surface area (Å²) in [5.41, 5.74) is 1.26. The van der Waals surface area contributed by atoms with Crippen molar-refractivity contribution in [2.45, 2.75) is 19.8 Å². The quantitative estimate of drug-likeness (QED) is 0.465. The molecule has 0 atom stereocenters. The molecule has 1 aromatic rings. The van der Waals surface area contributed by atoms with Crippen molar-refractivity contribution < 1.29 is 5.11 Å². The van der Waals surface area contributed by atoms with Crippen LogP contribution in [-0.4, -0.2) is 23.4 Å². The van der Waals surface area contributed by atoms with Gasteiger partial charge in [-0.3, -0.25) is 5.01 Å². The Bertz CT molecular complexity index is 394. The van der Waals surface area contributed by atoms with Gasteiger partial charge in [-0.25, -0.2) is 0 Å². The van der Waals surface area contributed by atoms with Crippen LogP contribution >= 0.6 is 0 Å². The molecule has 0 bridgehead atoms. The highest BCUT2D eigenvalue weighted by Crippen LogP contribution is 2.13. The lowest BCUT2D eigenvalue weighted by molar-refractivity contribution is 0.101. The summed E-state index contributed by atoms with van der Waals surface area (Å²) < 4.78 is 0. The normalized spacial score (nSPS) is 10.4. The Labute approximate surface area is 101 Å². The minimum Gasteiger partial charge on any atom is -0.375 e. The van der Waals surface area contributed by atoms with Gasteiger partial charge in [0.15, 0.2) is 0 Å². The Morgan fingerprint density at radius 3 is 2.59 bits per heavy atom. The highest BCUT2D eigenvalue weighted by Gasteiger charge is 1.98. The zero-order valence-corrected chi connectivity index (χ0v) is 9.87. The molecule has 0 saturated carbocycles. The van der Waals surface area contributed by atoms with E-state index < -0.39 is 0 Å².